The number of rotatable bonds is 5. The number of nitrogens with zero attached hydrogens (tertiary/aromatic N) is 2. The number of hydrogen-bond donors (Lipinski definition) is 0. The monoisotopic (exact) mass is 572 g/mol. The van der Waals surface area contributed by atoms with Gasteiger partial charge in [-0.25, -0.2) is 8.42 Å². The average Bonchev–Trinajstić information content (AvgIpc) is 3.34. The van der Waals surface area contributed by atoms with Crippen LogP contribution in [0.1, 0.15) is 52.6 Å². The first-order chi connectivity index (χ1) is 19.1. The third-order valence-electron chi connectivity index (χ3n) is 6.49. The lowest BCUT2D eigenvalue weighted by molar-refractivity contribution is 0.0627. The molecule has 2 aliphatic rings. The van der Waals surface area contributed by atoms with Crippen LogP contribution in [0.15, 0.2) is 108 Å². The quantitative estimate of drug-likeness (QED) is 0.249. The molecule has 200 valence electrons. The van der Waals surface area contributed by atoms with Gasteiger partial charge in [-0.2, -0.15) is 0 Å². The number of carbonyl (C=O) groups excluding carboxylic acids is 4. The summed E-state index contributed by atoms with van der Waals surface area (Å²) in [5.74, 6) is -1.12. The number of imide groups is 2. The summed E-state index contributed by atoms with van der Waals surface area (Å²) in [6.07, 6.45) is 0. The minimum absolute atomic E-state index is 0.0275. The smallest absolute Gasteiger partial charge is 0.261 e. The van der Waals surface area contributed by atoms with Gasteiger partial charge in [0, 0.05) is 10.7 Å². The second-order valence-electron chi connectivity index (χ2n) is 9.05. The number of hydrogen-bond acceptors (Lipinski definition) is 6. The molecule has 0 saturated heterocycles. The molecule has 4 aromatic carbocycles. The Bertz CT molecular complexity index is 1680. The molecule has 0 aliphatic carbocycles. The van der Waals surface area contributed by atoms with Crippen molar-refractivity contribution < 1.29 is 27.6 Å². The molecular formula is C30H21ClN2O6S. The predicted molar refractivity (Wildman–Crippen MR) is 147 cm³/mol. The molecule has 0 saturated carbocycles. The summed E-state index contributed by atoms with van der Waals surface area (Å²) in [6.45, 7) is 0.405. The van der Waals surface area contributed by atoms with Crippen molar-refractivity contribution in [3.05, 3.63) is 137 Å². The lowest BCUT2D eigenvalue weighted by Gasteiger charge is -2.13. The van der Waals surface area contributed by atoms with Crippen LogP contribution in [-0.2, 0) is 22.1 Å². The molecule has 4 amide bonds. The first kappa shape index (κ1) is 27.0. The van der Waals surface area contributed by atoms with Gasteiger partial charge in [0.15, 0.2) is 0 Å². The molecule has 0 fully saturated rings. The molecule has 0 radical (unpaired) electrons. The van der Waals surface area contributed by atoms with Crippen molar-refractivity contribution in [1.29, 1.82) is 0 Å². The molecular weight excluding hydrogens is 552 g/mol. The van der Waals surface area contributed by atoms with Crippen molar-refractivity contribution in [3.8, 4) is 0 Å². The van der Waals surface area contributed by atoms with Crippen molar-refractivity contribution in [2.45, 2.75) is 18.0 Å². The Morgan fingerprint density at radius 2 is 0.800 bits per heavy atom. The van der Waals surface area contributed by atoms with E-state index in [9.17, 15) is 27.6 Å². The summed E-state index contributed by atoms with van der Waals surface area (Å²) in [7, 11) is 1.45. The van der Waals surface area contributed by atoms with Gasteiger partial charge < -0.3 is 0 Å². The maximum Gasteiger partial charge on any atom is 0.261 e. The van der Waals surface area contributed by atoms with E-state index in [1.54, 1.807) is 48.5 Å². The largest absolute Gasteiger partial charge is 0.270 e. The van der Waals surface area contributed by atoms with E-state index in [4.69, 9.17) is 10.7 Å². The maximum atomic E-state index is 12.2. The van der Waals surface area contributed by atoms with Gasteiger partial charge in [-0.3, -0.25) is 29.0 Å². The van der Waals surface area contributed by atoms with Crippen LogP contribution in [0, 0.1) is 0 Å². The van der Waals surface area contributed by atoms with E-state index in [2.05, 4.69) is 0 Å². The van der Waals surface area contributed by atoms with Crippen LogP contribution in [0.5, 0.6) is 0 Å². The number of carbonyl (C=O) groups is 4. The fraction of sp³-hybridized carbons (Fsp3) is 0.0667. The zero-order valence-electron chi connectivity index (χ0n) is 20.9. The fourth-order valence-corrected chi connectivity index (χ4v) is 5.24. The van der Waals surface area contributed by atoms with Gasteiger partial charge in [-0.1, -0.05) is 66.7 Å². The van der Waals surface area contributed by atoms with Crippen molar-refractivity contribution >= 4 is 43.4 Å². The average molecular weight is 573 g/mol. The minimum atomic E-state index is -3.79. The predicted octanol–water partition coefficient (Wildman–Crippen LogP) is 4.89. The van der Waals surface area contributed by atoms with Gasteiger partial charge in [0.2, 0.25) is 0 Å². The van der Waals surface area contributed by atoms with E-state index in [0.717, 1.165) is 10.5 Å². The number of halogens is 1. The minimum Gasteiger partial charge on any atom is -0.270 e. The van der Waals surface area contributed by atoms with Crippen LogP contribution in [0.4, 0.5) is 0 Å². The summed E-state index contributed by atoms with van der Waals surface area (Å²) in [5, 5.41) is 0. The molecule has 6 rings (SSSR count). The fourth-order valence-electron chi connectivity index (χ4n) is 4.47. The SMILES string of the molecule is O=C1c2ccccc2C(=O)N1Cc1ccc(S(=O)(=O)Cl)cc1.O=C1c2ccccc2C(=O)N1Cc1ccccc1. The van der Waals surface area contributed by atoms with Gasteiger partial charge >= 0.3 is 0 Å². The Morgan fingerprint density at radius 3 is 1.15 bits per heavy atom. The van der Waals surface area contributed by atoms with E-state index in [1.165, 1.54) is 29.2 Å². The Labute approximate surface area is 234 Å². The summed E-state index contributed by atoms with van der Waals surface area (Å²) < 4.78 is 22.4. The van der Waals surface area contributed by atoms with Crippen molar-refractivity contribution in [1.82, 2.24) is 9.80 Å². The van der Waals surface area contributed by atoms with Gasteiger partial charge in [0.05, 0.1) is 40.2 Å². The Kier molecular flexibility index (Phi) is 7.34. The van der Waals surface area contributed by atoms with Gasteiger partial charge in [0.25, 0.3) is 32.7 Å². The summed E-state index contributed by atoms with van der Waals surface area (Å²) in [5.41, 5.74) is 3.35. The van der Waals surface area contributed by atoms with Crippen LogP contribution in [0.2, 0.25) is 0 Å². The van der Waals surface area contributed by atoms with E-state index in [-0.39, 0.29) is 35.1 Å². The number of benzene rings is 4. The van der Waals surface area contributed by atoms with Gasteiger partial charge in [-0.05, 0) is 47.5 Å². The molecule has 0 bridgehead atoms. The molecule has 0 N–H and O–H groups in total. The summed E-state index contributed by atoms with van der Waals surface area (Å²) in [6, 6.07) is 28.8. The molecule has 0 atom stereocenters. The topological polar surface area (TPSA) is 109 Å². The molecule has 0 aromatic heterocycles. The molecule has 8 nitrogen and oxygen atoms in total. The third-order valence-corrected chi connectivity index (χ3v) is 7.86. The maximum absolute atomic E-state index is 12.2. The van der Waals surface area contributed by atoms with Crippen LogP contribution < -0.4 is 0 Å². The Morgan fingerprint density at radius 1 is 0.475 bits per heavy atom. The van der Waals surface area contributed by atoms with E-state index >= 15 is 0 Å². The molecule has 0 unspecified atom stereocenters. The Balaban J connectivity index is 0.000000164. The highest BCUT2D eigenvalue weighted by Gasteiger charge is 2.35. The summed E-state index contributed by atoms with van der Waals surface area (Å²) in [4.78, 5) is 51.1. The van der Waals surface area contributed by atoms with Crippen LogP contribution in [0.3, 0.4) is 0 Å². The van der Waals surface area contributed by atoms with Gasteiger partial charge in [-0.15, -0.1) is 0 Å². The molecule has 2 aliphatic heterocycles. The number of fused-ring (bicyclic) bond motifs is 2. The van der Waals surface area contributed by atoms with Crippen LogP contribution >= 0.6 is 10.7 Å². The number of amides is 4. The lowest BCUT2D eigenvalue weighted by Crippen LogP contribution is -2.29. The molecule has 0 spiro atoms. The van der Waals surface area contributed by atoms with E-state index < -0.39 is 9.05 Å². The van der Waals surface area contributed by atoms with Crippen molar-refractivity contribution in [2.75, 3.05) is 0 Å². The standard InChI is InChI=1S/C15H10ClNO4S.C15H11NO2/c16-22(20,21)11-7-5-10(6-8-11)9-17-14(18)12-3-1-2-4-13(12)15(17)19;17-14-12-8-4-5-9-13(12)15(18)16(14)10-11-6-2-1-3-7-11/h1-8H,9H2;1-9H,10H2. The molecule has 2 heterocycles. The highest BCUT2D eigenvalue weighted by atomic mass is 35.7. The second kappa shape index (κ2) is 10.9. The normalized spacial score (nSPS) is 14.1. The lowest BCUT2D eigenvalue weighted by atomic mass is 10.1. The highest BCUT2D eigenvalue weighted by Crippen LogP contribution is 2.26. The van der Waals surface area contributed by atoms with Crippen LogP contribution in [0.25, 0.3) is 0 Å². The van der Waals surface area contributed by atoms with Gasteiger partial charge in [0.1, 0.15) is 0 Å². The third kappa shape index (κ3) is 5.29. The van der Waals surface area contributed by atoms with E-state index in [1.807, 2.05) is 30.3 Å². The van der Waals surface area contributed by atoms with Crippen LogP contribution in [-0.4, -0.2) is 41.8 Å². The highest BCUT2D eigenvalue weighted by molar-refractivity contribution is 8.13. The first-order valence-electron chi connectivity index (χ1n) is 12.1. The zero-order valence-corrected chi connectivity index (χ0v) is 22.4. The first-order valence-corrected chi connectivity index (χ1v) is 14.4. The Hall–Kier alpha value is -4.60. The molecule has 4 aromatic rings. The molecule has 40 heavy (non-hydrogen) atoms. The second-order valence-corrected chi connectivity index (χ2v) is 11.6. The van der Waals surface area contributed by atoms with E-state index in [0.29, 0.717) is 34.4 Å². The zero-order chi connectivity index (χ0) is 28.4. The summed E-state index contributed by atoms with van der Waals surface area (Å²) >= 11 is 0. The van der Waals surface area contributed by atoms with Crippen molar-refractivity contribution in [2.24, 2.45) is 0 Å². The van der Waals surface area contributed by atoms with Crippen molar-refractivity contribution in [3.63, 3.8) is 0 Å². The molecule has 10 heteroatoms.